The Hall–Kier alpha value is -1.01. The number of likely N-dealkylation sites (tertiary alicyclic amines) is 1. The van der Waals surface area contributed by atoms with E-state index in [1.807, 2.05) is 40.6 Å². The van der Waals surface area contributed by atoms with E-state index in [4.69, 9.17) is 9.47 Å². The Morgan fingerprint density at radius 1 is 1.16 bits per heavy atom. The number of piperidine rings is 1. The van der Waals surface area contributed by atoms with Crippen LogP contribution in [0.25, 0.3) is 0 Å². The second-order valence-corrected chi connectivity index (χ2v) is 9.43. The topological polar surface area (TPSA) is 38.8 Å². The van der Waals surface area contributed by atoms with Crippen LogP contribution in [0.4, 0.5) is 0 Å². The van der Waals surface area contributed by atoms with Gasteiger partial charge in [0.15, 0.2) is 18.1 Å². The molecule has 25 heavy (non-hydrogen) atoms. The van der Waals surface area contributed by atoms with Crippen LogP contribution in [0.3, 0.4) is 0 Å². The molecule has 0 saturated carbocycles. The van der Waals surface area contributed by atoms with E-state index in [0.29, 0.717) is 28.2 Å². The quantitative estimate of drug-likeness (QED) is 0.758. The van der Waals surface area contributed by atoms with Crippen LogP contribution in [0, 0.1) is 0 Å². The van der Waals surface area contributed by atoms with Crippen LogP contribution in [0.1, 0.15) is 43.3 Å². The third-order valence-corrected chi connectivity index (χ3v) is 8.02. The van der Waals surface area contributed by atoms with Gasteiger partial charge in [-0.05, 0) is 50.8 Å². The standard InChI is InChI=1S/C19H27NO3S2/c1-13-5-4-6-14(2)20(13)18(21)12-23-16-8-7-15(11-17(16)22-3)19-24-9-10-25-19/h7-8,11,13-14,19H,4-6,9-10,12H2,1-3H3. The summed E-state index contributed by atoms with van der Waals surface area (Å²) in [5.74, 6) is 3.79. The molecule has 0 aromatic heterocycles. The smallest absolute Gasteiger partial charge is 0.260 e. The average molecular weight is 382 g/mol. The molecule has 3 rings (SSSR count). The summed E-state index contributed by atoms with van der Waals surface area (Å²) in [6.45, 7) is 4.32. The van der Waals surface area contributed by atoms with Gasteiger partial charge in [0.2, 0.25) is 0 Å². The van der Waals surface area contributed by atoms with Gasteiger partial charge in [-0.2, -0.15) is 0 Å². The minimum absolute atomic E-state index is 0.0627. The summed E-state index contributed by atoms with van der Waals surface area (Å²) >= 11 is 3.93. The Kier molecular flexibility index (Phi) is 6.44. The number of carbonyl (C=O) groups is 1. The van der Waals surface area contributed by atoms with E-state index < -0.39 is 0 Å². The highest BCUT2D eigenvalue weighted by atomic mass is 32.2. The third-order valence-electron chi connectivity index (χ3n) is 4.91. The molecule has 4 nitrogen and oxygen atoms in total. The number of nitrogens with zero attached hydrogens (tertiary/aromatic N) is 1. The molecular formula is C19H27NO3S2. The van der Waals surface area contributed by atoms with E-state index in [9.17, 15) is 4.79 Å². The number of ether oxygens (including phenoxy) is 2. The van der Waals surface area contributed by atoms with Crippen molar-refractivity contribution < 1.29 is 14.3 Å². The lowest BCUT2D eigenvalue weighted by atomic mass is 9.97. The second kappa shape index (κ2) is 8.58. The summed E-state index contributed by atoms with van der Waals surface area (Å²) < 4.78 is 11.8. The number of thioether (sulfide) groups is 2. The maximum absolute atomic E-state index is 12.6. The molecule has 2 atom stereocenters. The monoisotopic (exact) mass is 381 g/mol. The van der Waals surface area contributed by atoms with Crippen LogP contribution in [-0.2, 0) is 4.79 Å². The van der Waals surface area contributed by atoms with E-state index in [1.54, 1.807) is 7.11 Å². The van der Waals surface area contributed by atoms with Crippen LogP contribution < -0.4 is 9.47 Å². The molecule has 2 fully saturated rings. The number of amides is 1. The summed E-state index contributed by atoms with van der Waals surface area (Å²) in [6.07, 6.45) is 3.34. The SMILES string of the molecule is COc1cc(C2SCCS2)ccc1OCC(=O)N1C(C)CCCC1C. The van der Waals surface area contributed by atoms with Crippen molar-refractivity contribution in [2.45, 2.75) is 49.8 Å². The minimum Gasteiger partial charge on any atom is -0.493 e. The van der Waals surface area contributed by atoms with Crippen molar-refractivity contribution in [2.24, 2.45) is 0 Å². The van der Waals surface area contributed by atoms with Gasteiger partial charge in [0.05, 0.1) is 11.7 Å². The Balaban J connectivity index is 1.64. The zero-order chi connectivity index (χ0) is 17.8. The van der Waals surface area contributed by atoms with Crippen LogP contribution in [0.2, 0.25) is 0 Å². The lowest BCUT2D eigenvalue weighted by Gasteiger charge is -2.39. The van der Waals surface area contributed by atoms with Gasteiger partial charge in [-0.1, -0.05) is 6.07 Å². The Bertz CT molecular complexity index is 594. The van der Waals surface area contributed by atoms with Crippen LogP contribution in [0.5, 0.6) is 11.5 Å². The summed E-state index contributed by atoms with van der Waals surface area (Å²) in [4.78, 5) is 14.6. The Morgan fingerprint density at radius 2 is 1.84 bits per heavy atom. The van der Waals surface area contributed by atoms with Gasteiger partial charge in [0.1, 0.15) is 0 Å². The van der Waals surface area contributed by atoms with Crippen molar-refractivity contribution in [2.75, 3.05) is 25.2 Å². The molecule has 2 aliphatic rings. The maximum atomic E-state index is 12.6. The molecule has 1 aromatic rings. The summed E-state index contributed by atoms with van der Waals surface area (Å²) in [5, 5.41) is 0. The van der Waals surface area contributed by atoms with Gasteiger partial charge in [0.25, 0.3) is 5.91 Å². The highest BCUT2D eigenvalue weighted by Crippen LogP contribution is 2.46. The molecular weight excluding hydrogens is 354 g/mol. The van der Waals surface area contributed by atoms with Gasteiger partial charge in [-0.25, -0.2) is 0 Å². The van der Waals surface area contributed by atoms with Crippen LogP contribution >= 0.6 is 23.5 Å². The summed E-state index contributed by atoms with van der Waals surface area (Å²) in [7, 11) is 1.65. The molecule has 0 radical (unpaired) electrons. The van der Waals surface area contributed by atoms with Crippen molar-refractivity contribution in [3.05, 3.63) is 23.8 Å². The first kappa shape index (κ1) is 18.8. The predicted molar refractivity (Wildman–Crippen MR) is 106 cm³/mol. The number of carbonyl (C=O) groups excluding carboxylic acids is 1. The van der Waals surface area contributed by atoms with Gasteiger partial charge in [-0.15, -0.1) is 23.5 Å². The van der Waals surface area contributed by atoms with E-state index in [1.165, 1.54) is 23.5 Å². The fourth-order valence-electron chi connectivity index (χ4n) is 3.63. The van der Waals surface area contributed by atoms with Gasteiger partial charge in [0, 0.05) is 23.6 Å². The fraction of sp³-hybridized carbons (Fsp3) is 0.632. The van der Waals surface area contributed by atoms with Gasteiger partial charge < -0.3 is 14.4 Å². The molecule has 6 heteroatoms. The lowest BCUT2D eigenvalue weighted by Crippen LogP contribution is -2.49. The van der Waals surface area contributed by atoms with Crippen molar-refractivity contribution in [1.82, 2.24) is 4.90 Å². The lowest BCUT2D eigenvalue weighted by molar-refractivity contribution is -0.139. The number of hydrogen-bond donors (Lipinski definition) is 0. The number of methoxy groups -OCH3 is 1. The maximum Gasteiger partial charge on any atom is 0.260 e. The first-order valence-corrected chi connectivity index (χ1v) is 11.0. The molecule has 0 N–H and O–H groups in total. The van der Waals surface area contributed by atoms with Crippen molar-refractivity contribution in [1.29, 1.82) is 0 Å². The summed E-state index contributed by atoms with van der Waals surface area (Å²) in [5.41, 5.74) is 1.25. The first-order chi connectivity index (χ1) is 12.1. The minimum atomic E-state index is 0.0627. The van der Waals surface area contributed by atoms with Crippen molar-refractivity contribution in [3.63, 3.8) is 0 Å². The molecule has 1 aromatic carbocycles. The first-order valence-electron chi connectivity index (χ1n) is 8.95. The van der Waals surface area contributed by atoms with E-state index >= 15 is 0 Å². The Labute approximate surface area is 159 Å². The predicted octanol–water partition coefficient (Wildman–Crippen LogP) is 4.34. The second-order valence-electron chi connectivity index (χ2n) is 6.70. The number of rotatable bonds is 5. The molecule has 2 unspecified atom stereocenters. The van der Waals surface area contributed by atoms with E-state index in [-0.39, 0.29) is 12.5 Å². The average Bonchev–Trinajstić information content (AvgIpc) is 3.14. The molecule has 2 saturated heterocycles. The number of hydrogen-bond acceptors (Lipinski definition) is 5. The van der Waals surface area contributed by atoms with Gasteiger partial charge in [-0.3, -0.25) is 4.79 Å². The van der Waals surface area contributed by atoms with Gasteiger partial charge >= 0.3 is 0 Å². The largest absolute Gasteiger partial charge is 0.493 e. The number of benzene rings is 1. The highest BCUT2D eigenvalue weighted by molar-refractivity contribution is 8.19. The molecule has 1 amide bonds. The van der Waals surface area contributed by atoms with Crippen molar-refractivity contribution in [3.8, 4) is 11.5 Å². The normalized spacial score (nSPS) is 24.4. The van der Waals surface area contributed by atoms with Crippen LogP contribution in [-0.4, -0.2) is 48.1 Å². The van der Waals surface area contributed by atoms with E-state index in [2.05, 4.69) is 19.9 Å². The van der Waals surface area contributed by atoms with Crippen LogP contribution in [0.15, 0.2) is 18.2 Å². The highest BCUT2D eigenvalue weighted by Gasteiger charge is 2.29. The molecule has 0 aliphatic carbocycles. The van der Waals surface area contributed by atoms with Crippen molar-refractivity contribution >= 4 is 29.4 Å². The molecule has 2 heterocycles. The molecule has 0 bridgehead atoms. The fourth-order valence-corrected chi connectivity index (χ4v) is 6.47. The zero-order valence-electron chi connectivity index (χ0n) is 15.2. The molecule has 138 valence electrons. The molecule has 2 aliphatic heterocycles. The third kappa shape index (κ3) is 4.40. The zero-order valence-corrected chi connectivity index (χ0v) is 16.8. The van der Waals surface area contributed by atoms with E-state index in [0.717, 1.165) is 12.8 Å². The molecule has 0 spiro atoms. The summed E-state index contributed by atoms with van der Waals surface area (Å²) in [6, 6.07) is 6.65. The Morgan fingerprint density at radius 3 is 2.48 bits per heavy atom.